The zero-order valence-corrected chi connectivity index (χ0v) is 14.3. The summed E-state index contributed by atoms with van der Waals surface area (Å²) in [5.41, 5.74) is 5.68. The van der Waals surface area contributed by atoms with Gasteiger partial charge in [-0.15, -0.1) is 0 Å². The second-order valence-electron chi connectivity index (χ2n) is 6.58. The number of rotatable bonds is 6. The maximum absolute atomic E-state index is 12.2. The van der Waals surface area contributed by atoms with E-state index in [4.69, 9.17) is 5.73 Å². The van der Waals surface area contributed by atoms with Crippen LogP contribution in [0.5, 0.6) is 0 Å². The van der Waals surface area contributed by atoms with Gasteiger partial charge in [0, 0.05) is 32.7 Å². The molecule has 1 amide bonds. The average Bonchev–Trinajstić information content (AvgIpc) is 2.37. The summed E-state index contributed by atoms with van der Waals surface area (Å²) in [6.07, 6.45) is 1.20. The number of likely N-dealkylation sites (N-methyl/N-ethyl adjacent to an activating group) is 1. The highest BCUT2D eigenvalue weighted by Gasteiger charge is 2.27. The summed E-state index contributed by atoms with van der Waals surface area (Å²) in [6, 6.07) is 0. The van der Waals surface area contributed by atoms with Crippen molar-refractivity contribution in [1.82, 2.24) is 14.1 Å². The highest BCUT2D eigenvalue weighted by Crippen LogP contribution is 2.14. The summed E-state index contributed by atoms with van der Waals surface area (Å²) < 4.78 is 24.3. The van der Waals surface area contributed by atoms with Crippen LogP contribution < -0.4 is 5.73 Å². The summed E-state index contributed by atoms with van der Waals surface area (Å²) in [5.74, 6) is 0.0403. The van der Waals surface area contributed by atoms with E-state index in [0.717, 1.165) is 6.54 Å². The lowest BCUT2D eigenvalue weighted by Gasteiger charge is -2.35. The lowest BCUT2D eigenvalue weighted by molar-refractivity contribution is -0.133. The second-order valence-corrected chi connectivity index (χ2v) is 8.57. The van der Waals surface area contributed by atoms with Gasteiger partial charge in [0.05, 0.1) is 12.8 Å². The second kappa shape index (κ2) is 7.04. The minimum atomic E-state index is -3.15. The zero-order valence-electron chi connectivity index (χ0n) is 13.5. The van der Waals surface area contributed by atoms with Crippen LogP contribution in [0.1, 0.15) is 13.8 Å². The Morgan fingerprint density at radius 2 is 1.76 bits per heavy atom. The van der Waals surface area contributed by atoms with Gasteiger partial charge in [-0.05, 0) is 19.0 Å². The molecule has 0 unspecified atom stereocenters. The van der Waals surface area contributed by atoms with Gasteiger partial charge < -0.3 is 10.6 Å². The molecule has 124 valence electrons. The van der Waals surface area contributed by atoms with Crippen molar-refractivity contribution in [2.75, 3.05) is 59.1 Å². The van der Waals surface area contributed by atoms with Gasteiger partial charge in [-0.1, -0.05) is 13.8 Å². The predicted molar refractivity (Wildman–Crippen MR) is 83.3 cm³/mol. The van der Waals surface area contributed by atoms with Gasteiger partial charge in [0.25, 0.3) is 0 Å². The van der Waals surface area contributed by atoms with E-state index in [-0.39, 0.29) is 11.3 Å². The third kappa shape index (κ3) is 5.90. The van der Waals surface area contributed by atoms with Crippen molar-refractivity contribution in [3.05, 3.63) is 0 Å². The molecule has 1 fully saturated rings. The molecule has 0 spiro atoms. The van der Waals surface area contributed by atoms with Crippen LogP contribution in [0.2, 0.25) is 0 Å². The number of carbonyl (C=O) groups is 1. The highest BCUT2D eigenvalue weighted by molar-refractivity contribution is 7.88. The standard InChI is InChI=1S/C13H28N4O3S/c1-13(2,10-14)11-15(3)9-12(18)16-5-7-17(8-6-16)21(4,19)20/h5-11,14H2,1-4H3. The van der Waals surface area contributed by atoms with Gasteiger partial charge in [-0.25, -0.2) is 8.42 Å². The zero-order chi connectivity index (χ0) is 16.3. The summed E-state index contributed by atoms with van der Waals surface area (Å²) in [5, 5.41) is 0. The van der Waals surface area contributed by atoms with Crippen molar-refractivity contribution in [1.29, 1.82) is 0 Å². The van der Waals surface area contributed by atoms with Crippen molar-refractivity contribution in [2.24, 2.45) is 11.1 Å². The Hall–Kier alpha value is -0.700. The van der Waals surface area contributed by atoms with Gasteiger partial charge >= 0.3 is 0 Å². The van der Waals surface area contributed by atoms with Crippen LogP contribution in [0, 0.1) is 5.41 Å². The molecule has 0 saturated carbocycles. The lowest BCUT2D eigenvalue weighted by atomic mass is 9.93. The third-order valence-electron chi connectivity index (χ3n) is 3.72. The summed E-state index contributed by atoms with van der Waals surface area (Å²) in [4.78, 5) is 15.9. The maximum atomic E-state index is 12.2. The largest absolute Gasteiger partial charge is 0.339 e. The van der Waals surface area contributed by atoms with Crippen LogP contribution in [0.15, 0.2) is 0 Å². The van der Waals surface area contributed by atoms with Crippen molar-refractivity contribution < 1.29 is 13.2 Å². The molecule has 0 atom stereocenters. The van der Waals surface area contributed by atoms with Crippen LogP contribution in [0.3, 0.4) is 0 Å². The van der Waals surface area contributed by atoms with E-state index in [1.807, 2.05) is 11.9 Å². The quantitative estimate of drug-likeness (QED) is 0.679. The van der Waals surface area contributed by atoms with E-state index in [0.29, 0.717) is 39.3 Å². The molecule has 1 aliphatic rings. The third-order valence-corrected chi connectivity index (χ3v) is 5.02. The van der Waals surface area contributed by atoms with Gasteiger partial charge in [0.1, 0.15) is 0 Å². The maximum Gasteiger partial charge on any atom is 0.236 e. The molecule has 0 aromatic heterocycles. The molecule has 1 aliphatic heterocycles. The first-order chi connectivity index (χ1) is 9.55. The lowest BCUT2D eigenvalue weighted by Crippen LogP contribution is -2.52. The number of piperazine rings is 1. The van der Waals surface area contributed by atoms with Gasteiger partial charge in [0.15, 0.2) is 0 Å². The Labute approximate surface area is 128 Å². The van der Waals surface area contributed by atoms with E-state index in [2.05, 4.69) is 13.8 Å². The number of hydrogen-bond donors (Lipinski definition) is 1. The fraction of sp³-hybridized carbons (Fsp3) is 0.923. The monoisotopic (exact) mass is 320 g/mol. The molecule has 1 saturated heterocycles. The molecule has 1 heterocycles. The Morgan fingerprint density at radius 1 is 1.24 bits per heavy atom. The molecule has 8 heteroatoms. The minimum absolute atomic E-state index is 0.0238. The number of nitrogens with two attached hydrogens (primary N) is 1. The van der Waals surface area contributed by atoms with Crippen LogP contribution in [0.4, 0.5) is 0 Å². The fourth-order valence-electron chi connectivity index (χ4n) is 2.45. The molecule has 0 aromatic carbocycles. The number of amides is 1. The van der Waals surface area contributed by atoms with Crippen LogP contribution >= 0.6 is 0 Å². The van der Waals surface area contributed by atoms with Gasteiger partial charge in [-0.3, -0.25) is 9.69 Å². The Morgan fingerprint density at radius 3 is 2.19 bits per heavy atom. The minimum Gasteiger partial charge on any atom is -0.339 e. The molecule has 0 aliphatic carbocycles. The van der Waals surface area contributed by atoms with Crippen LogP contribution in [-0.4, -0.2) is 87.5 Å². The van der Waals surface area contributed by atoms with Gasteiger partial charge in [0.2, 0.25) is 15.9 Å². The van der Waals surface area contributed by atoms with E-state index < -0.39 is 10.0 Å². The van der Waals surface area contributed by atoms with Crippen molar-refractivity contribution in [3.8, 4) is 0 Å². The molecule has 7 nitrogen and oxygen atoms in total. The molecule has 1 rings (SSSR count). The molecule has 0 bridgehead atoms. The summed E-state index contributed by atoms with van der Waals surface area (Å²) in [6.45, 7) is 7.46. The molecule has 2 N–H and O–H groups in total. The van der Waals surface area contributed by atoms with Crippen LogP contribution in [-0.2, 0) is 14.8 Å². The first-order valence-electron chi connectivity index (χ1n) is 7.17. The first kappa shape index (κ1) is 18.3. The van der Waals surface area contributed by atoms with E-state index >= 15 is 0 Å². The Kier molecular flexibility index (Phi) is 6.15. The topological polar surface area (TPSA) is 87.0 Å². The average molecular weight is 320 g/mol. The molecular weight excluding hydrogens is 292 g/mol. The highest BCUT2D eigenvalue weighted by atomic mass is 32.2. The van der Waals surface area contributed by atoms with E-state index in [1.165, 1.54) is 10.6 Å². The SMILES string of the molecule is CN(CC(=O)N1CCN(S(C)(=O)=O)CC1)CC(C)(C)CN. The van der Waals surface area contributed by atoms with E-state index in [1.54, 1.807) is 4.90 Å². The summed E-state index contributed by atoms with van der Waals surface area (Å²) in [7, 11) is -1.25. The molecule has 21 heavy (non-hydrogen) atoms. The van der Waals surface area contributed by atoms with Crippen molar-refractivity contribution in [3.63, 3.8) is 0 Å². The van der Waals surface area contributed by atoms with Gasteiger partial charge in [-0.2, -0.15) is 4.31 Å². The number of nitrogens with zero attached hydrogens (tertiary/aromatic N) is 3. The molecule has 0 aromatic rings. The normalized spacial score (nSPS) is 18.3. The molecular formula is C13H28N4O3S. The smallest absolute Gasteiger partial charge is 0.236 e. The Bertz CT molecular complexity index is 456. The molecule has 0 radical (unpaired) electrons. The number of hydrogen-bond acceptors (Lipinski definition) is 5. The van der Waals surface area contributed by atoms with Crippen molar-refractivity contribution in [2.45, 2.75) is 13.8 Å². The number of carbonyl (C=O) groups excluding carboxylic acids is 1. The fourth-order valence-corrected chi connectivity index (χ4v) is 3.28. The summed E-state index contributed by atoms with van der Waals surface area (Å²) >= 11 is 0. The van der Waals surface area contributed by atoms with Crippen LogP contribution in [0.25, 0.3) is 0 Å². The van der Waals surface area contributed by atoms with E-state index in [9.17, 15) is 13.2 Å². The first-order valence-corrected chi connectivity index (χ1v) is 9.01. The Balaban J connectivity index is 2.44. The predicted octanol–water partition coefficient (Wildman–Crippen LogP) is -0.993. The van der Waals surface area contributed by atoms with Crippen molar-refractivity contribution >= 4 is 15.9 Å². The number of sulfonamides is 1.